The number of esters is 1. The Hall–Kier alpha value is -1.91. The highest BCUT2D eigenvalue weighted by atomic mass is 35.5. The third kappa shape index (κ3) is 4.79. The molecule has 0 unspecified atom stereocenters. The van der Waals surface area contributed by atoms with Gasteiger partial charge in [-0.25, -0.2) is 0 Å². The van der Waals surface area contributed by atoms with Crippen LogP contribution in [0.5, 0.6) is 11.5 Å². The molecule has 0 N–H and O–H groups in total. The zero-order chi connectivity index (χ0) is 17.5. The summed E-state index contributed by atoms with van der Waals surface area (Å²) in [6, 6.07) is 12.3. The van der Waals surface area contributed by atoms with Gasteiger partial charge in [0.2, 0.25) is 0 Å². The Morgan fingerprint density at radius 1 is 1.04 bits per heavy atom. The molecule has 0 aliphatic heterocycles. The molecule has 0 heterocycles. The number of ether oxygens (including phenoxy) is 3. The molecular formula is C18H18Cl2O4. The maximum absolute atomic E-state index is 12.1. The number of benzene rings is 2. The first-order valence-corrected chi connectivity index (χ1v) is 8.10. The van der Waals surface area contributed by atoms with E-state index >= 15 is 0 Å². The molecule has 1 atom stereocenters. The lowest BCUT2D eigenvalue weighted by molar-refractivity contribution is -0.142. The minimum atomic E-state index is -0.516. The summed E-state index contributed by atoms with van der Waals surface area (Å²) in [5.74, 6) is 0.569. The fourth-order valence-electron chi connectivity index (χ4n) is 2.29. The average molecular weight is 369 g/mol. The van der Waals surface area contributed by atoms with Gasteiger partial charge in [-0.3, -0.25) is 4.79 Å². The lowest BCUT2D eigenvalue weighted by atomic mass is 9.96. The third-order valence-corrected chi connectivity index (χ3v) is 4.12. The summed E-state index contributed by atoms with van der Waals surface area (Å²) < 4.78 is 15.7. The van der Waals surface area contributed by atoms with Crippen molar-refractivity contribution < 1.29 is 19.0 Å². The van der Waals surface area contributed by atoms with Crippen LogP contribution in [-0.4, -0.2) is 26.8 Å². The normalized spacial score (nSPS) is 11.7. The summed E-state index contributed by atoms with van der Waals surface area (Å²) >= 11 is 12.1. The van der Waals surface area contributed by atoms with Gasteiger partial charge in [-0.2, -0.15) is 0 Å². The monoisotopic (exact) mass is 368 g/mol. The summed E-state index contributed by atoms with van der Waals surface area (Å²) in [6.07, 6.45) is 0.431. The van der Waals surface area contributed by atoms with E-state index in [-0.39, 0.29) is 5.97 Å². The van der Waals surface area contributed by atoms with Crippen LogP contribution in [0.2, 0.25) is 10.0 Å². The Morgan fingerprint density at radius 3 is 2.29 bits per heavy atom. The van der Waals surface area contributed by atoms with Crippen molar-refractivity contribution in [3.8, 4) is 11.5 Å². The van der Waals surface area contributed by atoms with Gasteiger partial charge in [0.15, 0.2) is 0 Å². The Kier molecular flexibility index (Phi) is 6.76. The summed E-state index contributed by atoms with van der Waals surface area (Å²) in [5, 5.41) is 0.948. The molecule has 0 spiro atoms. The van der Waals surface area contributed by atoms with Crippen LogP contribution in [0.15, 0.2) is 42.5 Å². The third-order valence-electron chi connectivity index (χ3n) is 3.56. The van der Waals surface area contributed by atoms with E-state index in [1.54, 1.807) is 37.4 Å². The molecule has 0 aromatic heterocycles. The zero-order valence-corrected chi connectivity index (χ0v) is 14.9. The van der Waals surface area contributed by atoms with Crippen molar-refractivity contribution in [3.63, 3.8) is 0 Å². The second-order valence-corrected chi connectivity index (χ2v) is 5.90. The zero-order valence-electron chi connectivity index (χ0n) is 13.4. The highest BCUT2D eigenvalue weighted by molar-refractivity contribution is 6.35. The van der Waals surface area contributed by atoms with Gasteiger partial charge in [0.1, 0.15) is 11.5 Å². The lowest BCUT2D eigenvalue weighted by Gasteiger charge is -2.17. The predicted molar refractivity (Wildman–Crippen MR) is 94.3 cm³/mol. The predicted octanol–water partition coefficient (Wildman–Crippen LogP) is 4.73. The standard InChI is InChI=1S/C18H18Cl2O4/c1-22-13-4-6-14(7-5-13)24-10-9-16(18(21)23-2)15-8-3-12(19)11-17(15)20/h3-8,11,16H,9-10H2,1-2H3/t16-/m0/s1. The van der Waals surface area contributed by atoms with Gasteiger partial charge in [-0.15, -0.1) is 0 Å². The molecule has 0 saturated carbocycles. The minimum absolute atomic E-state index is 0.338. The number of hydrogen-bond acceptors (Lipinski definition) is 4. The molecular weight excluding hydrogens is 351 g/mol. The summed E-state index contributed by atoms with van der Waals surface area (Å²) in [5.41, 5.74) is 0.672. The van der Waals surface area contributed by atoms with Crippen LogP contribution in [0.4, 0.5) is 0 Å². The second-order valence-electron chi connectivity index (χ2n) is 5.05. The fraction of sp³-hybridized carbons (Fsp3) is 0.278. The van der Waals surface area contributed by atoms with Crippen molar-refractivity contribution in [1.29, 1.82) is 0 Å². The summed E-state index contributed by atoms with van der Waals surface area (Å²) in [7, 11) is 2.95. The fourth-order valence-corrected chi connectivity index (χ4v) is 2.83. The largest absolute Gasteiger partial charge is 0.497 e. The van der Waals surface area contributed by atoms with Gasteiger partial charge in [0, 0.05) is 10.0 Å². The Balaban J connectivity index is 2.04. The van der Waals surface area contributed by atoms with E-state index in [4.69, 9.17) is 37.4 Å². The van der Waals surface area contributed by atoms with Gasteiger partial charge in [0.25, 0.3) is 0 Å². The van der Waals surface area contributed by atoms with Crippen molar-refractivity contribution in [2.45, 2.75) is 12.3 Å². The number of carbonyl (C=O) groups excluding carboxylic acids is 1. The van der Waals surface area contributed by atoms with Gasteiger partial charge in [-0.05, 0) is 48.4 Å². The maximum Gasteiger partial charge on any atom is 0.313 e. The smallest absolute Gasteiger partial charge is 0.313 e. The van der Waals surface area contributed by atoms with E-state index in [1.807, 2.05) is 12.1 Å². The van der Waals surface area contributed by atoms with Crippen LogP contribution in [-0.2, 0) is 9.53 Å². The summed E-state index contributed by atoms with van der Waals surface area (Å²) in [4.78, 5) is 12.1. The Morgan fingerprint density at radius 2 is 1.71 bits per heavy atom. The van der Waals surface area contributed by atoms with E-state index in [0.717, 1.165) is 5.75 Å². The molecule has 0 radical (unpaired) electrons. The molecule has 2 aromatic rings. The van der Waals surface area contributed by atoms with Gasteiger partial charge in [0.05, 0.1) is 26.7 Å². The average Bonchev–Trinajstić information content (AvgIpc) is 2.59. The van der Waals surface area contributed by atoms with Gasteiger partial charge >= 0.3 is 5.97 Å². The van der Waals surface area contributed by atoms with E-state index in [2.05, 4.69) is 0 Å². The molecule has 4 nitrogen and oxygen atoms in total. The first-order chi connectivity index (χ1) is 11.5. The van der Waals surface area contributed by atoms with Crippen molar-refractivity contribution in [2.75, 3.05) is 20.8 Å². The highest BCUT2D eigenvalue weighted by Crippen LogP contribution is 2.31. The number of rotatable bonds is 7. The molecule has 128 valence electrons. The SMILES string of the molecule is COC(=O)[C@@H](CCOc1ccc(OC)cc1)c1ccc(Cl)cc1Cl. The van der Waals surface area contributed by atoms with Crippen molar-refractivity contribution >= 4 is 29.2 Å². The maximum atomic E-state index is 12.1. The first-order valence-electron chi connectivity index (χ1n) is 7.34. The molecule has 0 aliphatic carbocycles. The molecule has 0 aliphatic rings. The quantitative estimate of drug-likeness (QED) is 0.662. The van der Waals surface area contributed by atoms with Crippen LogP contribution >= 0.6 is 23.2 Å². The Bertz CT molecular complexity index is 686. The summed E-state index contributed by atoms with van der Waals surface area (Å²) in [6.45, 7) is 0.338. The lowest BCUT2D eigenvalue weighted by Crippen LogP contribution is -2.17. The molecule has 0 fully saturated rings. The van der Waals surface area contributed by atoms with Crippen LogP contribution in [0.1, 0.15) is 17.9 Å². The van der Waals surface area contributed by atoms with Crippen LogP contribution in [0, 0.1) is 0 Å². The molecule has 24 heavy (non-hydrogen) atoms. The van der Waals surface area contributed by atoms with Crippen LogP contribution in [0.3, 0.4) is 0 Å². The second kappa shape index (κ2) is 8.81. The van der Waals surface area contributed by atoms with E-state index < -0.39 is 5.92 Å². The van der Waals surface area contributed by atoms with Crippen LogP contribution < -0.4 is 9.47 Å². The van der Waals surface area contributed by atoms with E-state index in [1.165, 1.54) is 7.11 Å². The topological polar surface area (TPSA) is 44.8 Å². The van der Waals surface area contributed by atoms with Gasteiger partial charge < -0.3 is 14.2 Å². The number of halogens is 2. The molecule has 2 rings (SSSR count). The first kappa shape index (κ1) is 18.4. The van der Waals surface area contributed by atoms with Crippen molar-refractivity contribution in [1.82, 2.24) is 0 Å². The van der Waals surface area contributed by atoms with E-state index in [0.29, 0.717) is 34.4 Å². The molecule has 0 saturated heterocycles. The van der Waals surface area contributed by atoms with Crippen molar-refractivity contribution in [2.24, 2.45) is 0 Å². The number of carbonyl (C=O) groups is 1. The molecule has 2 aromatic carbocycles. The van der Waals surface area contributed by atoms with Crippen LogP contribution in [0.25, 0.3) is 0 Å². The van der Waals surface area contributed by atoms with E-state index in [9.17, 15) is 4.79 Å². The molecule has 0 bridgehead atoms. The number of hydrogen-bond donors (Lipinski definition) is 0. The number of methoxy groups -OCH3 is 2. The minimum Gasteiger partial charge on any atom is -0.497 e. The molecule has 0 amide bonds. The molecule has 6 heteroatoms. The van der Waals surface area contributed by atoms with Crippen molar-refractivity contribution in [3.05, 3.63) is 58.1 Å². The highest BCUT2D eigenvalue weighted by Gasteiger charge is 2.24. The Labute approximate surface area is 151 Å². The van der Waals surface area contributed by atoms with Gasteiger partial charge in [-0.1, -0.05) is 29.3 Å².